The van der Waals surface area contributed by atoms with E-state index in [0.717, 1.165) is 56.2 Å². The summed E-state index contributed by atoms with van der Waals surface area (Å²) in [5.41, 5.74) is 3.23. The van der Waals surface area contributed by atoms with Crippen LogP contribution in [0, 0.1) is 0 Å². The smallest absolute Gasteiger partial charge is 0.210 e. The molecule has 2 aromatic heterocycles. The fourth-order valence-electron chi connectivity index (χ4n) is 3.61. The average molecular weight is 473 g/mol. The molecule has 0 fully saturated rings. The van der Waals surface area contributed by atoms with Crippen LogP contribution in [-0.4, -0.2) is 41.1 Å². The minimum atomic E-state index is -0.0138. The lowest BCUT2D eigenvalue weighted by Crippen LogP contribution is -2.36. The summed E-state index contributed by atoms with van der Waals surface area (Å²) in [5.74, 6) is 0.761. The number of benzene rings is 1. The molecule has 0 amide bonds. The molecule has 1 aromatic carbocycles. The van der Waals surface area contributed by atoms with Crippen molar-refractivity contribution in [1.29, 1.82) is 0 Å². The largest absolute Gasteiger partial charge is 0.494 e. The molecule has 0 bridgehead atoms. The Morgan fingerprint density at radius 3 is 2.42 bits per heavy atom. The second kappa shape index (κ2) is 12.8. The van der Waals surface area contributed by atoms with Crippen LogP contribution in [0.1, 0.15) is 68.6 Å². The van der Waals surface area contributed by atoms with Gasteiger partial charge in [-0.15, -0.1) is 0 Å². The highest BCUT2D eigenvalue weighted by Gasteiger charge is 2.23. The Morgan fingerprint density at radius 1 is 1.09 bits per heavy atom. The first-order chi connectivity index (χ1) is 15.8. The summed E-state index contributed by atoms with van der Waals surface area (Å²) in [6, 6.07) is 13.2. The first-order valence-electron chi connectivity index (χ1n) is 11.6. The number of nitrogens with zero attached hydrogens (tertiary/aromatic N) is 1. The molecule has 0 atom stereocenters. The molecular formula is C27H37ClN2O3. The Hall–Kier alpha value is -2.34. The zero-order chi connectivity index (χ0) is 24.4. The highest BCUT2D eigenvalue weighted by Crippen LogP contribution is 2.31. The molecular weight excluding hydrogens is 436 g/mol. The summed E-state index contributed by atoms with van der Waals surface area (Å²) in [6.07, 6.45) is 5.67. The van der Waals surface area contributed by atoms with Crippen LogP contribution in [0.4, 0.5) is 0 Å². The number of unbranched alkanes of at least 4 members (excludes halogenated alkanes) is 1. The van der Waals surface area contributed by atoms with Gasteiger partial charge in [-0.1, -0.05) is 31.0 Å². The number of pyridine rings is 1. The number of nitrogens with one attached hydrogen (secondary N) is 1. The summed E-state index contributed by atoms with van der Waals surface area (Å²) < 4.78 is 7.75. The number of halogens is 1. The molecule has 33 heavy (non-hydrogen) atoms. The number of aromatic nitrogens is 1. The minimum Gasteiger partial charge on any atom is -0.494 e. The van der Waals surface area contributed by atoms with Gasteiger partial charge in [0.05, 0.1) is 22.8 Å². The number of ether oxygens (including phenoxy) is 1. The van der Waals surface area contributed by atoms with Crippen LogP contribution >= 0.6 is 11.6 Å². The molecule has 3 rings (SSSR count). The lowest BCUT2D eigenvalue weighted by molar-refractivity contribution is 0.103. The third-order valence-corrected chi connectivity index (χ3v) is 5.66. The first-order valence-corrected chi connectivity index (χ1v) is 11.9. The summed E-state index contributed by atoms with van der Waals surface area (Å²) in [4.78, 5) is 13.4. The van der Waals surface area contributed by atoms with Crippen molar-refractivity contribution in [2.75, 3.05) is 20.3 Å². The standard InChI is InChI=1S/C26H33ClN2O2.CH4O/c1-5-6-10-21-23(27)22-11-7-8-17-29(22)24(21)25(30)19-12-14-20(15-13-19)31-18-9-16-28-26(2,3)4;1-2/h7-8,11-15,17,28H,5-6,9-10,16,18H2,1-4H3;2H,1H3. The molecule has 6 heteroatoms. The topological polar surface area (TPSA) is 63.0 Å². The van der Waals surface area contributed by atoms with Gasteiger partial charge < -0.3 is 19.6 Å². The zero-order valence-electron chi connectivity index (χ0n) is 20.5. The van der Waals surface area contributed by atoms with E-state index >= 15 is 0 Å². The molecule has 0 aliphatic heterocycles. The Morgan fingerprint density at radius 2 is 1.79 bits per heavy atom. The number of fused-ring (bicyclic) bond motifs is 1. The van der Waals surface area contributed by atoms with Crippen LogP contribution in [0.15, 0.2) is 48.7 Å². The second-order valence-corrected chi connectivity index (χ2v) is 9.31. The third kappa shape index (κ3) is 7.32. The lowest BCUT2D eigenvalue weighted by Gasteiger charge is -2.20. The molecule has 2 heterocycles. The average Bonchev–Trinajstić information content (AvgIpc) is 3.09. The summed E-state index contributed by atoms with van der Waals surface area (Å²) in [7, 11) is 1.00. The fourth-order valence-corrected chi connectivity index (χ4v) is 3.95. The summed E-state index contributed by atoms with van der Waals surface area (Å²) >= 11 is 6.67. The van der Waals surface area contributed by atoms with E-state index in [2.05, 4.69) is 33.0 Å². The Kier molecular flexibility index (Phi) is 10.4. The van der Waals surface area contributed by atoms with Gasteiger partial charge in [0.2, 0.25) is 5.78 Å². The lowest BCUT2D eigenvalue weighted by atomic mass is 10.0. The quantitative estimate of drug-likeness (QED) is 0.283. The van der Waals surface area contributed by atoms with Crippen LogP contribution < -0.4 is 10.1 Å². The number of rotatable bonds is 10. The number of carbonyl (C=O) groups is 1. The van der Waals surface area contributed by atoms with E-state index < -0.39 is 0 Å². The van der Waals surface area contributed by atoms with Crippen molar-refractivity contribution in [2.45, 2.75) is 58.9 Å². The number of hydrogen-bond acceptors (Lipinski definition) is 4. The molecule has 2 N–H and O–H groups in total. The molecule has 0 saturated heterocycles. The fraction of sp³-hybridized carbons (Fsp3) is 0.444. The molecule has 0 aliphatic carbocycles. The molecule has 5 nitrogen and oxygen atoms in total. The van der Waals surface area contributed by atoms with Crippen LogP contribution in [0.5, 0.6) is 5.75 Å². The van der Waals surface area contributed by atoms with Crippen LogP contribution in [-0.2, 0) is 6.42 Å². The van der Waals surface area contributed by atoms with Crippen molar-refractivity contribution in [2.24, 2.45) is 0 Å². The van der Waals surface area contributed by atoms with E-state index in [1.807, 2.05) is 53.1 Å². The number of aliphatic hydroxyl groups is 1. The highest BCUT2D eigenvalue weighted by molar-refractivity contribution is 6.35. The van der Waals surface area contributed by atoms with Crippen molar-refractivity contribution >= 4 is 22.9 Å². The maximum atomic E-state index is 13.4. The Balaban J connectivity index is 0.00000187. The van der Waals surface area contributed by atoms with Gasteiger partial charge in [-0.25, -0.2) is 0 Å². The number of ketones is 1. The molecule has 0 spiro atoms. The van der Waals surface area contributed by atoms with E-state index in [9.17, 15) is 4.79 Å². The zero-order valence-corrected chi connectivity index (χ0v) is 21.2. The SMILES string of the molecule is CCCCc1c(Cl)c2ccccn2c1C(=O)c1ccc(OCCCNC(C)(C)C)cc1.CO. The second-order valence-electron chi connectivity index (χ2n) is 8.93. The number of aliphatic hydroxyl groups excluding tert-OH is 1. The van der Waals surface area contributed by atoms with Gasteiger partial charge in [-0.05, 0) is 83.0 Å². The molecule has 0 aliphatic rings. The van der Waals surface area contributed by atoms with Crippen LogP contribution in [0.3, 0.4) is 0 Å². The molecule has 0 radical (unpaired) electrons. The normalized spacial score (nSPS) is 11.2. The van der Waals surface area contributed by atoms with E-state index in [4.69, 9.17) is 21.4 Å². The van der Waals surface area contributed by atoms with E-state index in [0.29, 0.717) is 22.9 Å². The minimum absolute atomic E-state index is 0.0138. The predicted octanol–water partition coefficient (Wildman–Crippen LogP) is 5.93. The maximum Gasteiger partial charge on any atom is 0.210 e. The maximum absolute atomic E-state index is 13.4. The van der Waals surface area contributed by atoms with Crippen LogP contribution in [0.25, 0.3) is 5.52 Å². The van der Waals surface area contributed by atoms with Gasteiger partial charge >= 0.3 is 0 Å². The monoisotopic (exact) mass is 472 g/mol. The highest BCUT2D eigenvalue weighted by atomic mass is 35.5. The molecule has 0 unspecified atom stereocenters. The summed E-state index contributed by atoms with van der Waals surface area (Å²) in [6.45, 7) is 10.1. The molecule has 3 aromatic rings. The van der Waals surface area contributed by atoms with Gasteiger partial charge in [0.15, 0.2) is 0 Å². The van der Waals surface area contributed by atoms with Gasteiger partial charge in [-0.2, -0.15) is 0 Å². The van der Waals surface area contributed by atoms with E-state index in [-0.39, 0.29) is 11.3 Å². The van der Waals surface area contributed by atoms with Crippen molar-refractivity contribution in [3.8, 4) is 5.75 Å². The molecule has 0 saturated carbocycles. The summed E-state index contributed by atoms with van der Waals surface area (Å²) in [5, 5.41) is 11.1. The number of carbonyl (C=O) groups excluding carboxylic acids is 1. The van der Waals surface area contributed by atoms with Crippen molar-refractivity contribution in [1.82, 2.24) is 9.72 Å². The number of hydrogen-bond donors (Lipinski definition) is 2. The predicted molar refractivity (Wildman–Crippen MR) is 137 cm³/mol. The van der Waals surface area contributed by atoms with E-state index in [1.54, 1.807) is 0 Å². The van der Waals surface area contributed by atoms with Crippen molar-refractivity contribution in [3.05, 3.63) is 70.5 Å². The Bertz CT molecular complexity index is 1020. The molecule has 180 valence electrons. The van der Waals surface area contributed by atoms with Gasteiger partial charge in [0, 0.05) is 30.0 Å². The first kappa shape index (κ1) is 26.9. The van der Waals surface area contributed by atoms with E-state index in [1.165, 1.54) is 0 Å². The Labute approximate surface area is 202 Å². The third-order valence-electron chi connectivity index (χ3n) is 5.23. The van der Waals surface area contributed by atoms with Crippen LogP contribution in [0.2, 0.25) is 5.02 Å². The van der Waals surface area contributed by atoms with Gasteiger partial charge in [0.1, 0.15) is 5.75 Å². The van der Waals surface area contributed by atoms with Gasteiger partial charge in [-0.3, -0.25) is 4.79 Å². The van der Waals surface area contributed by atoms with Crippen molar-refractivity contribution in [3.63, 3.8) is 0 Å². The van der Waals surface area contributed by atoms with Gasteiger partial charge in [0.25, 0.3) is 0 Å². The van der Waals surface area contributed by atoms with Crippen molar-refractivity contribution < 1.29 is 14.6 Å².